The average Bonchev–Trinajstić information content (AvgIpc) is 3.11. The molecule has 3 aliphatic heterocycles. The first-order valence-corrected chi connectivity index (χ1v) is 8.60. The van der Waals surface area contributed by atoms with E-state index in [4.69, 9.17) is 0 Å². The minimum absolute atomic E-state index is 0.771. The van der Waals surface area contributed by atoms with Gasteiger partial charge in [-0.25, -0.2) is 0 Å². The van der Waals surface area contributed by atoms with Crippen molar-refractivity contribution in [3.05, 3.63) is 0 Å². The second kappa shape index (κ2) is 6.55. The van der Waals surface area contributed by atoms with Gasteiger partial charge in [-0.1, -0.05) is 13.3 Å². The van der Waals surface area contributed by atoms with Gasteiger partial charge in [0.15, 0.2) is 0 Å². The summed E-state index contributed by atoms with van der Waals surface area (Å²) in [5.74, 6) is 0. The van der Waals surface area contributed by atoms with Crippen molar-refractivity contribution in [3.63, 3.8) is 0 Å². The molecule has 3 heteroatoms. The number of rotatable bonds is 6. The second-order valence-corrected chi connectivity index (χ2v) is 6.74. The minimum atomic E-state index is 0.771. The molecule has 0 bridgehead atoms. The van der Waals surface area contributed by atoms with Crippen LogP contribution in [0.1, 0.15) is 51.9 Å². The molecule has 0 saturated carbocycles. The van der Waals surface area contributed by atoms with Gasteiger partial charge in [0.25, 0.3) is 0 Å². The Kier molecular flexibility index (Phi) is 4.78. The third-order valence-electron chi connectivity index (χ3n) is 5.46. The summed E-state index contributed by atoms with van der Waals surface area (Å²) in [6.45, 7) is 8.91. The third kappa shape index (κ3) is 3.14. The maximum absolute atomic E-state index is 3.69. The highest BCUT2D eigenvalue weighted by Gasteiger charge is 2.40. The number of unbranched alkanes of at least 4 members (excludes halogenated alkanes) is 1. The number of nitrogens with zero attached hydrogens (tertiary/aromatic N) is 2. The molecule has 3 atom stereocenters. The Morgan fingerprint density at radius 2 is 2.11 bits per heavy atom. The SMILES string of the molecule is CCCCN(CC1CCCN1)C1CCN2CCCC12. The topological polar surface area (TPSA) is 18.5 Å². The number of nitrogens with one attached hydrogen (secondary N) is 1. The molecule has 19 heavy (non-hydrogen) atoms. The van der Waals surface area contributed by atoms with E-state index >= 15 is 0 Å². The highest BCUT2D eigenvalue weighted by atomic mass is 15.3. The first kappa shape index (κ1) is 13.8. The summed E-state index contributed by atoms with van der Waals surface area (Å²) in [6.07, 6.45) is 9.78. The van der Waals surface area contributed by atoms with Crippen LogP contribution in [0.15, 0.2) is 0 Å². The van der Waals surface area contributed by atoms with Crippen molar-refractivity contribution in [2.24, 2.45) is 0 Å². The summed E-state index contributed by atoms with van der Waals surface area (Å²) < 4.78 is 0. The zero-order chi connectivity index (χ0) is 13.1. The van der Waals surface area contributed by atoms with E-state index in [2.05, 4.69) is 22.0 Å². The lowest BCUT2D eigenvalue weighted by Crippen LogP contribution is -2.48. The first-order valence-electron chi connectivity index (χ1n) is 8.60. The van der Waals surface area contributed by atoms with E-state index in [1.54, 1.807) is 0 Å². The number of hydrogen-bond donors (Lipinski definition) is 1. The van der Waals surface area contributed by atoms with Gasteiger partial charge in [-0.3, -0.25) is 9.80 Å². The minimum Gasteiger partial charge on any atom is -0.313 e. The Balaban J connectivity index is 1.60. The predicted molar refractivity (Wildman–Crippen MR) is 80.5 cm³/mol. The molecule has 0 spiro atoms. The zero-order valence-electron chi connectivity index (χ0n) is 12.6. The highest BCUT2D eigenvalue weighted by Crippen LogP contribution is 2.31. The standard InChI is InChI=1S/C16H31N3/c1-2-3-10-19(13-14-6-4-9-17-14)16-8-12-18-11-5-7-15(16)18/h14-17H,2-13H2,1H3. The summed E-state index contributed by atoms with van der Waals surface area (Å²) in [6, 6.07) is 2.52. The lowest BCUT2D eigenvalue weighted by molar-refractivity contribution is 0.146. The number of fused-ring (bicyclic) bond motifs is 1. The molecule has 0 amide bonds. The molecule has 3 fully saturated rings. The molecule has 3 saturated heterocycles. The highest BCUT2D eigenvalue weighted by molar-refractivity contribution is 4.97. The molecule has 3 nitrogen and oxygen atoms in total. The van der Waals surface area contributed by atoms with Crippen molar-refractivity contribution in [1.29, 1.82) is 0 Å². The van der Waals surface area contributed by atoms with Crippen molar-refractivity contribution >= 4 is 0 Å². The van der Waals surface area contributed by atoms with Crippen molar-refractivity contribution in [1.82, 2.24) is 15.1 Å². The van der Waals surface area contributed by atoms with Gasteiger partial charge in [0.2, 0.25) is 0 Å². The van der Waals surface area contributed by atoms with Gasteiger partial charge < -0.3 is 5.32 Å². The van der Waals surface area contributed by atoms with Crippen LogP contribution in [0.3, 0.4) is 0 Å². The molecule has 3 rings (SSSR count). The van der Waals surface area contributed by atoms with Crippen LogP contribution in [0.25, 0.3) is 0 Å². The van der Waals surface area contributed by atoms with E-state index in [-0.39, 0.29) is 0 Å². The maximum Gasteiger partial charge on any atom is 0.0264 e. The van der Waals surface area contributed by atoms with E-state index in [9.17, 15) is 0 Å². The van der Waals surface area contributed by atoms with Crippen LogP contribution in [0.5, 0.6) is 0 Å². The van der Waals surface area contributed by atoms with Gasteiger partial charge in [0.1, 0.15) is 0 Å². The molecule has 3 heterocycles. The monoisotopic (exact) mass is 265 g/mol. The predicted octanol–water partition coefficient (Wildman–Crippen LogP) is 2.08. The van der Waals surface area contributed by atoms with E-state index in [1.165, 1.54) is 77.7 Å². The van der Waals surface area contributed by atoms with Crippen LogP contribution in [-0.2, 0) is 0 Å². The van der Waals surface area contributed by atoms with Gasteiger partial charge >= 0.3 is 0 Å². The van der Waals surface area contributed by atoms with Gasteiger partial charge in [-0.15, -0.1) is 0 Å². The lowest BCUT2D eigenvalue weighted by atomic mass is 10.0. The van der Waals surface area contributed by atoms with Gasteiger partial charge in [-0.05, 0) is 58.2 Å². The molecule has 0 aromatic rings. The summed E-state index contributed by atoms with van der Waals surface area (Å²) in [5, 5.41) is 3.69. The quantitative estimate of drug-likeness (QED) is 0.793. The van der Waals surface area contributed by atoms with E-state index in [1.807, 2.05) is 0 Å². The summed E-state index contributed by atoms with van der Waals surface area (Å²) >= 11 is 0. The fourth-order valence-corrected chi connectivity index (χ4v) is 4.43. The molecule has 3 aliphatic rings. The van der Waals surface area contributed by atoms with E-state index < -0.39 is 0 Å². The summed E-state index contributed by atoms with van der Waals surface area (Å²) in [7, 11) is 0. The normalized spacial score (nSPS) is 35.4. The molecule has 0 aliphatic carbocycles. The van der Waals surface area contributed by atoms with Crippen molar-refractivity contribution in [3.8, 4) is 0 Å². The Bertz CT molecular complexity index is 275. The molecule has 0 aromatic heterocycles. The molecule has 110 valence electrons. The average molecular weight is 265 g/mol. The van der Waals surface area contributed by atoms with Gasteiger partial charge in [0, 0.05) is 31.2 Å². The van der Waals surface area contributed by atoms with Crippen LogP contribution >= 0.6 is 0 Å². The molecule has 0 aromatic carbocycles. The molecule has 3 unspecified atom stereocenters. The molecular formula is C16H31N3. The van der Waals surface area contributed by atoms with E-state index in [0.717, 1.165) is 18.1 Å². The third-order valence-corrected chi connectivity index (χ3v) is 5.46. The lowest BCUT2D eigenvalue weighted by Gasteiger charge is -2.34. The Morgan fingerprint density at radius 1 is 1.16 bits per heavy atom. The van der Waals surface area contributed by atoms with Gasteiger partial charge in [-0.2, -0.15) is 0 Å². The van der Waals surface area contributed by atoms with Gasteiger partial charge in [0.05, 0.1) is 0 Å². The first-order chi connectivity index (χ1) is 9.38. The Labute approximate surface area is 118 Å². The molecular weight excluding hydrogens is 234 g/mol. The molecule has 1 N–H and O–H groups in total. The van der Waals surface area contributed by atoms with Crippen LogP contribution < -0.4 is 5.32 Å². The van der Waals surface area contributed by atoms with Crippen molar-refractivity contribution in [2.45, 2.75) is 70.0 Å². The zero-order valence-corrected chi connectivity index (χ0v) is 12.6. The largest absolute Gasteiger partial charge is 0.313 e. The fraction of sp³-hybridized carbons (Fsp3) is 1.00. The smallest absolute Gasteiger partial charge is 0.0264 e. The Hall–Kier alpha value is -0.120. The number of hydrogen-bond acceptors (Lipinski definition) is 3. The Morgan fingerprint density at radius 3 is 2.89 bits per heavy atom. The van der Waals surface area contributed by atoms with Crippen LogP contribution in [0, 0.1) is 0 Å². The van der Waals surface area contributed by atoms with Crippen molar-refractivity contribution < 1.29 is 0 Å². The van der Waals surface area contributed by atoms with Crippen LogP contribution in [0.4, 0.5) is 0 Å². The maximum atomic E-state index is 3.69. The fourth-order valence-electron chi connectivity index (χ4n) is 4.43. The summed E-state index contributed by atoms with van der Waals surface area (Å²) in [4.78, 5) is 5.61. The molecule has 0 radical (unpaired) electrons. The second-order valence-electron chi connectivity index (χ2n) is 6.74. The van der Waals surface area contributed by atoms with Crippen LogP contribution in [-0.4, -0.2) is 60.6 Å². The van der Waals surface area contributed by atoms with Crippen LogP contribution in [0.2, 0.25) is 0 Å². The van der Waals surface area contributed by atoms with E-state index in [0.29, 0.717) is 0 Å². The summed E-state index contributed by atoms with van der Waals surface area (Å²) in [5.41, 5.74) is 0. The van der Waals surface area contributed by atoms with Crippen molar-refractivity contribution in [2.75, 3.05) is 32.7 Å².